The molecular formula is C15H27N5O3. The normalized spacial score (nSPS) is 14.9. The molecule has 8 heteroatoms. The third-order valence-corrected chi connectivity index (χ3v) is 3.45. The molecule has 3 amide bonds. The number of hydrogen-bond acceptors (Lipinski definition) is 4. The Morgan fingerprint density at radius 1 is 1.26 bits per heavy atom. The van der Waals surface area contributed by atoms with Gasteiger partial charge in [0.25, 0.3) is 0 Å². The van der Waals surface area contributed by atoms with Crippen molar-refractivity contribution in [2.45, 2.75) is 52.0 Å². The molecule has 1 atom stereocenters. The zero-order valence-corrected chi connectivity index (χ0v) is 13.8. The van der Waals surface area contributed by atoms with E-state index in [1.165, 1.54) is 0 Å². The highest BCUT2D eigenvalue weighted by Gasteiger charge is 2.33. The molecule has 0 aromatic rings. The molecule has 0 bridgehead atoms. The fraction of sp³-hybridized carbons (Fsp3) is 0.733. The first-order valence-corrected chi connectivity index (χ1v) is 8.01. The van der Waals surface area contributed by atoms with Crippen LogP contribution in [0.15, 0.2) is 0 Å². The van der Waals surface area contributed by atoms with Gasteiger partial charge in [-0.1, -0.05) is 13.8 Å². The Morgan fingerprint density at radius 3 is 2.43 bits per heavy atom. The smallest absolute Gasteiger partial charge is 0.249 e. The molecule has 0 heterocycles. The van der Waals surface area contributed by atoms with E-state index in [1.807, 2.05) is 13.8 Å². The van der Waals surface area contributed by atoms with Gasteiger partial charge >= 0.3 is 0 Å². The molecule has 0 radical (unpaired) electrons. The summed E-state index contributed by atoms with van der Waals surface area (Å²) in [5.41, 5.74) is 5.13. The summed E-state index contributed by atoms with van der Waals surface area (Å²) in [6.45, 7) is 4.31. The summed E-state index contributed by atoms with van der Waals surface area (Å²) in [6, 6.07) is -0.678. The summed E-state index contributed by atoms with van der Waals surface area (Å²) >= 11 is 0. The third kappa shape index (κ3) is 8.18. The lowest BCUT2D eigenvalue weighted by Gasteiger charge is -2.19. The molecule has 6 N–H and O–H groups in total. The van der Waals surface area contributed by atoms with E-state index in [1.54, 1.807) is 0 Å². The Kier molecular flexibility index (Phi) is 7.50. The van der Waals surface area contributed by atoms with Gasteiger partial charge in [0.15, 0.2) is 5.96 Å². The summed E-state index contributed by atoms with van der Waals surface area (Å²) < 4.78 is 0. The van der Waals surface area contributed by atoms with Gasteiger partial charge in [-0.2, -0.15) is 0 Å². The average molecular weight is 325 g/mol. The Hall–Kier alpha value is -2.12. The molecule has 1 saturated carbocycles. The van der Waals surface area contributed by atoms with Crippen molar-refractivity contribution in [3.05, 3.63) is 0 Å². The maximum atomic E-state index is 12.2. The minimum atomic E-state index is -0.678. The van der Waals surface area contributed by atoms with Gasteiger partial charge in [0.2, 0.25) is 17.7 Å². The first-order chi connectivity index (χ1) is 10.8. The van der Waals surface area contributed by atoms with E-state index < -0.39 is 17.9 Å². The quantitative estimate of drug-likeness (QED) is 0.228. The van der Waals surface area contributed by atoms with Crippen LogP contribution in [0.2, 0.25) is 0 Å². The van der Waals surface area contributed by atoms with Crippen molar-refractivity contribution >= 4 is 23.7 Å². The van der Waals surface area contributed by atoms with Crippen molar-refractivity contribution < 1.29 is 14.4 Å². The van der Waals surface area contributed by atoms with Crippen LogP contribution < -0.4 is 21.7 Å². The van der Waals surface area contributed by atoms with Crippen LogP contribution in [0.5, 0.6) is 0 Å². The molecule has 1 aliphatic rings. The minimum absolute atomic E-state index is 0.0193. The van der Waals surface area contributed by atoms with E-state index in [0.717, 1.165) is 12.8 Å². The standard InChI is InChI=1S/C15H27N5O3/c1-9(2)8-11(19-13(22)10-5-6-10)14(23)20-12(21)4-3-7-18-15(16)17/h9-11H,3-8H2,1-2H3,(H,19,22)(H4,16,17,18)(H,20,21,23)/t11-/m0/s1. The van der Waals surface area contributed by atoms with Crippen LogP contribution >= 0.6 is 0 Å². The number of carbonyl (C=O) groups is 3. The zero-order valence-electron chi connectivity index (χ0n) is 13.8. The van der Waals surface area contributed by atoms with Gasteiger partial charge in [-0.05, 0) is 31.6 Å². The Balaban J connectivity index is 2.40. The first-order valence-electron chi connectivity index (χ1n) is 8.01. The summed E-state index contributed by atoms with van der Waals surface area (Å²) in [5.74, 6) is -0.872. The molecule has 0 aromatic heterocycles. The minimum Gasteiger partial charge on any atom is -0.370 e. The van der Waals surface area contributed by atoms with E-state index in [2.05, 4.69) is 16.0 Å². The molecular weight excluding hydrogens is 298 g/mol. The highest BCUT2D eigenvalue weighted by Crippen LogP contribution is 2.29. The number of nitrogens with one attached hydrogen (secondary N) is 4. The van der Waals surface area contributed by atoms with Gasteiger partial charge in [-0.25, -0.2) is 0 Å². The molecule has 1 fully saturated rings. The van der Waals surface area contributed by atoms with E-state index in [9.17, 15) is 14.4 Å². The Morgan fingerprint density at radius 2 is 1.91 bits per heavy atom. The molecule has 1 aliphatic carbocycles. The fourth-order valence-corrected chi connectivity index (χ4v) is 2.10. The van der Waals surface area contributed by atoms with Crippen molar-refractivity contribution in [1.29, 1.82) is 5.41 Å². The molecule has 0 spiro atoms. The van der Waals surface area contributed by atoms with E-state index in [-0.39, 0.29) is 30.1 Å². The van der Waals surface area contributed by atoms with Crippen molar-refractivity contribution in [1.82, 2.24) is 16.0 Å². The highest BCUT2D eigenvalue weighted by molar-refractivity contribution is 5.99. The molecule has 0 saturated heterocycles. The SMILES string of the molecule is CC(C)C[C@H](NC(=O)C1CC1)C(=O)NC(=O)CCCNC(=N)N. The predicted molar refractivity (Wildman–Crippen MR) is 86.4 cm³/mol. The van der Waals surface area contributed by atoms with Crippen molar-refractivity contribution in [2.24, 2.45) is 17.6 Å². The lowest BCUT2D eigenvalue weighted by molar-refractivity contribution is -0.134. The monoisotopic (exact) mass is 325 g/mol. The molecule has 8 nitrogen and oxygen atoms in total. The molecule has 130 valence electrons. The second-order valence-electron chi connectivity index (χ2n) is 6.32. The highest BCUT2D eigenvalue weighted by atomic mass is 16.2. The largest absolute Gasteiger partial charge is 0.370 e. The summed E-state index contributed by atoms with van der Waals surface area (Å²) in [4.78, 5) is 35.8. The number of nitrogens with two attached hydrogens (primary N) is 1. The lowest BCUT2D eigenvalue weighted by atomic mass is 10.0. The lowest BCUT2D eigenvalue weighted by Crippen LogP contribution is -2.49. The van der Waals surface area contributed by atoms with Crippen molar-refractivity contribution in [3.8, 4) is 0 Å². The van der Waals surface area contributed by atoms with Crippen LogP contribution in [0.4, 0.5) is 0 Å². The van der Waals surface area contributed by atoms with Gasteiger partial charge in [-0.15, -0.1) is 0 Å². The first kappa shape index (κ1) is 18.9. The number of amides is 3. The maximum absolute atomic E-state index is 12.2. The molecule has 0 aliphatic heterocycles. The Labute approximate surface area is 136 Å². The Bertz CT molecular complexity index is 460. The van der Waals surface area contributed by atoms with Crippen LogP contribution in [0.1, 0.15) is 46.0 Å². The van der Waals surface area contributed by atoms with Crippen LogP contribution in [0.25, 0.3) is 0 Å². The molecule has 0 unspecified atom stereocenters. The fourth-order valence-electron chi connectivity index (χ4n) is 2.10. The van der Waals surface area contributed by atoms with Crippen LogP contribution in [-0.4, -0.2) is 36.3 Å². The van der Waals surface area contributed by atoms with Crippen LogP contribution in [0.3, 0.4) is 0 Å². The van der Waals surface area contributed by atoms with Gasteiger partial charge in [0.05, 0.1) is 0 Å². The zero-order chi connectivity index (χ0) is 17.4. The summed E-state index contributed by atoms with van der Waals surface area (Å²) in [5, 5.41) is 14.6. The maximum Gasteiger partial charge on any atom is 0.249 e. The second-order valence-corrected chi connectivity index (χ2v) is 6.32. The number of carbonyl (C=O) groups excluding carboxylic acids is 3. The predicted octanol–water partition coefficient (Wildman–Crippen LogP) is -0.167. The van der Waals surface area contributed by atoms with Crippen LogP contribution in [-0.2, 0) is 14.4 Å². The van der Waals surface area contributed by atoms with Gasteiger partial charge < -0.3 is 16.4 Å². The summed E-state index contributed by atoms with van der Waals surface area (Å²) in [7, 11) is 0. The molecule has 1 rings (SSSR count). The summed E-state index contributed by atoms with van der Waals surface area (Å²) in [6.07, 6.45) is 2.83. The molecule has 23 heavy (non-hydrogen) atoms. The number of rotatable bonds is 9. The van der Waals surface area contributed by atoms with Gasteiger partial charge in [-0.3, -0.25) is 25.1 Å². The van der Waals surface area contributed by atoms with E-state index >= 15 is 0 Å². The topological polar surface area (TPSA) is 137 Å². The third-order valence-electron chi connectivity index (χ3n) is 3.45. The van der Waals surface area contributed by atoms with E-state index in [4.69, 9.17) is 11.1 Å². The second kappa shape index (κ2) is 9.12. The molecule has 0 aromatic carbocycles. The van der Waals surface area contributed by atoms with Crippen molar-refractivity contribution in [2.75, 3.05) is 6.54 Å². The van der Waals surface area contributed by atoms with Crippen LogP contribution in [0, 0.1) is 17.2 Å². The van der Waals surface area contributed by atoms with Gasteiger partial charge in [0.1, 0.15) is 6.04 Å². The number of guanidine groups is 1. The van der Waals surface area contributed by atoms with E-state index in [0.29, 0.717) is 19.4 Å². The number of imide groups is 1. The van der Waals surface area contributed by atoms with Crippen molar-refractivity contribution in [3.63, 3.8) is 0 Å². The number of hydrogen-bond donors (Lipinski definition) is 5. The average Bonchev–Trinajstić information content (AvgIpc) is 3.26. The van der Waals surface area contributed by atoms with Gasteiger partial charge in [0, 0.05) is 18.9 Å².